The van der Waals surface area contributed by atoms with E-state index in [-0.39, 0.29) is 11.8 Å². The highest BCUT2D eigenvalue weighted by Gasteiger charge is 2.07. The second-order valence-electron chi connectivity index (χ2n) is 3.33. The molecule has 0 aliphatic rings. The molecule has 2 N–H and O–H groups in total. The Morgan fingerprint density at radius 2 is 2.29 bits per heavy atom. The van der Waals surface area contributed by atoms with Crippen LogP contribution in [0, 0.1) is 0 Å². The Bertz CT molecular complexity index is 193. The van der Waals surface area contributed by atoms with Crippen LogP contribution in [0.4, 0.5) is 0 Å². The van der Waals surface area contributed by atoms with E-state index >= 15 is 0 Å². The minimum Gasteiger partial charge on any atom is -0.298 e. The lowest BCUT2D eigenvalue weighted by Crippen LogP contribution is -2.41. The van der Waals surface area contributed by atoms with Crippen LogP contribution < -0.4 is 5.43 Å². The van der Waals surface area contributed by atoms with Crippen LogP contribution >= 0.6 is 0 Å². The molecule has 0 unspecified atom stereocenters. The second kappa shape index (κ2) is 7.53. The van der Waals surface area contributed by atoms with Crippen LogP contribution in [0.2, 0.25) is 0 Å². The topological polar surface area (TPSA) is 52.6 Å². The summed E-state index contributed by atoms with van der Waals surface area (Å²) in [5, 5.41) is 10.1. The number of nitrogens with one attached hydrogen (secondary N) is 1. The highest BCUT2D eigenvalue weighted by molar-refractivity contribution is 5.80. The van der Waals surface area contributed by atoms with Crippen LogP contribution in [-0.2, 0) is 4.79 Å². The van der Waals surface area contributed by atoms with Gasteiger partial charge in [0.2, 0.25) is 0 Å². The third-order valence-electron chi connectivity index (χ3n) is 1.91. The number of rotatable bonds is 7. The molecule has 14 heavy (non-hydrogen) atoms. The molecule has 4 heteroatoms. The van der Waals surface area contributed by atoms with Gasteiger partial charge in [-0.15, -0.1) is 0 Å². The Morgan fingerprint density at radius 1 is 1.64 bits per heavy atom. The summed E-state index contributed by atoms with van der Waals surface area (Å²) >= 11 is 0. The van der Waals surface area contributed by atoms with Gasteiger partial charge in [0, 0.05) is 6.20 Å². The van der Waals surface area contributed by atoms with Gasteiger partial charge in [-0.05, 0) is 20.3 Å². The van der Waals surface area contributed by atoms with E-state index in [1.54, 1.807) is 6.92 Å². The first-order valence-corrected chi connectivity index (χ1v) is 4.99. The van der Waals surface area contributed by atoms with Crippen molar-refractivity contribution in [1.29, 1.82) is 0 Å². The quantitative estimate of drug-likeness (QED) is 0.486. The van der Waals surface area contributed by atoms with E-state index in [4.69, 9.17) is 0 Å². The zero-order valence-corrected chi connectivity index (χ0v) is 9.16. The van der Waals surface area contributed by atoms with Gasteiger partial charge in [-0.25, -0.2) is 0 Å². The molecule has 0 aliphatic carbocycles. The predicted molar refractivity (Wildman–Crippen MR) is 55.6 cm³/mol. The number of hydrazine groups is 1. The molecule has 0 rings (SSSR count). The van der Waals surface area contributed by atoms with E-state index in [0.717, 1.165) is 24.4 Å². The summed E-state index contributed by atoms with van der Waals surface area (Å²) in [6.45, 7) is 5.29. The van der Waals surface area contributed by atoms with Crippen molar-refractivity contribution in [2.24, 2.45) is 0 Å². The van der Waals surface area contributed by atoms with Gasteiger partial charge in [0.25, 0.3) is 0 Å². The molecule has 0 fully saturated rings. The third kappa shape index (κ3) is 6.62. The molecule has 1 atom stereocenters. The molecular weight excluding hydrogens is 180 g/mol. The predicted octanol–water partition coefficient (Wildman–Crippen LogP) is 1.86. The fourth-order valence-electron chi connectivity index (χ4n) is 0.829. The minimum atomic E-state index is -0.365. The van der Waals surface area contributed by atoms with Gasteiger partial charge in [0.05, 0.1) is 6.04 Å². The average molecular weight is 200 g/mol. The molecule has 0 bridgehead atoms. The van der Waals surface area contributed by atoms with Gasteiger partial charge >= 0.3 is 0 Å². The van der Waals surface area contributed by atoms with Crippen molar-refractivity contribution in [2.45, 2.75) is 46.1 Å². The summed E-state index contributed by atoms with van der Waals surface area (Å²) in [5.74, 6) is -0.00833. The van der Waals surface area contributed by atoms with Crippen LogP contribution in [0.5, 0.6) is 0 Å². The van der Waals surface area contributed by atoms with Crippen molar-refractivity contribution < 1.29 is 10.0 Å². The molecule has 82 valence electrons. The Labute approximate surface area is 85.5 Å². The molecule has 0 spiro atoms. The van der Waals surface area contributed by atoms with Crippen LogP contribution in [0.1, 0.15) is 40.0 Å². The number of allylic oxidation sites excluding steroid dienone is 1. The Kier molecular flexibility index (Phi) is 7.06. The van der Waals surface area contributed by atoms with Gasteiger partial charge in [-0.1, -0.05) is 25.8 Å². The molecule has 0 aromatic heterocycles. The molecule has 0 amide bonds. The number of ketones is 1. The van der Waals surface area contributed by atoms with E-state index in [9.17, 15) is 10.0 Å². The summed E-state index contributed by atoms with van der Waals surface area (Å²) in [5.41, 5.74) is 2.61. The molecule has 0 heterocycles. The van der Waals surface area contributed by atoms with Crippen molar-refractivity contribution >= 4 is 5.78 Å². The van der Waals surface area contributed by atoms with Gasteiger partial charge in [-0.2, -0.15) is 10.6 Å². The van der Waals surface area contributed by atoms with Gasteiger partial charge in [0.1, 0.15) is 5.78 Å². The Morgan fingerprint density at radius 3 is 2.79 bits per heavy atom. The van der Waals surface area contributed by atoms with Crippen LogP contribution in [0.25, 0.3) is 0 Å². The average Bonchev–Trinajstić information content (AvgIpc) is 2.12. The monoisotopic (exact) mass is 200 g/mol. The molecule has 0 saturated carbocycles. The standard InChI is InChI=1S/C10H20N2O2/c1-4-5-6-7-8-12(14)11-9(2)10(3)13/h7-9,11,14H,4-6H2,1-3H3/b8-7+/t9-/m0/s1. The summed E-state index contributed by atoms with van der Waals surface area (Å²) < 4.78 is 0. The smallest absolute Gasteiger partial charge is 0.148 e. The van der Waals surface area contributed by atoms with Gasteiger partial charge in [-0.3, -0.25) is 10.0 Å². The lowest BCUT2D eigenvalue weighted by molar-refractivity contribution is -0.130. The number of Topliss-reactive ketones (excluding diaryl/α,β-unsaturated/α-hetero) is 1. The highest BCUT2D eigenvalue weighted by atomic mass is 16.5. The molecule has 0 aliphatic heterocycles. The number of hydrogen-bond donors (Lipinski definition) is 2. The first-order valence-electron chi connectivity index (χ1n) is 4.99. The van der Waals surface area contributed by atoms with Crippen molar-refractivity contribution in [3.05, 3.63) is 12.3 Å². The third-order valence-corrected chi connectivity index (χ3v) is 1.91. The van der Waals surface area contributed by atoms with Crippen LogP contribution in [0.15, 0.2) is 12.3 Å². The number of carbonyl (C=O) groups is 1. The zero-order chi connectivity index (χ0) is 11.0. The molecular formula is C10H20N2O2. The molecule has 0 saturated heterocycles. The molecule has 4 nitrogen and oxygen atoms in total. The SMILES string of the molecule is CCCC/C=C/N(O)N[C@@H](C)C(C)=O. The van der Waals surface area contributed by atoms with Crippen molar-refractivity contribution in [3.8, 4) is 0 Å². The number of nitrogens with zero attached hydrogens (tertiary/aromatic N) is 1. The van der Waals surface area contributed by atoms with Crippen LogP contribution in [-0.4, -0.2) is 22.2 Å². The fraction of sp³-hybridized carbons (Fsp3) is 0.700. The largest absolute Gasteiger partial charge is 0.298 e. The van der Waals surface area contributed by atoms with Gasteiger partial charge in [0.15, 0.2) is 0 Å². The second-order valence-corrected chi connectivity index (χ2v) is 3.33. The summed E-state index contributed by atoms with van der Waals surface area (Å²) in [7, 11) is 0. The summed E-state index contributed by atoms with van der Waals surface area (Å²) in [6, 6.07) is -0.365. The van der Waals surface area contributed by atoms with E-state index in [2.05, 4.69) is 12.3 Å². The Balaban J connectivity index is 3.68. The Hall–Kier alpha value is -0.870. The first-order chi connectivity index (χ1) is 6.57. The highest BCUT2D eigenvalue weighted by Crippen LogP contribution is 1.95. The van der Waals surface area contributed by atoms with Crippen LogP contribution in [0.3, 0.4) is 0 Å². The van der Waals surface area contributed by atoms with Crippen molar-refractivity contribution in [2.75, 3.05) is 0 Å². The maximum absolute atomic E-state index is 10.8. The van der Waals surface area contributed by atoms with E-state index in [0.29, 0.717) is 0 Å². The number of carbonyl (C=O) groups excluding carboxylic acids is 1. The fourth-order valence-corrected chi connectivity index (χ4v) is 0.829. The van der Waals surface area contributed by atoms with Gasteiger partial charge < -0.3 is 0 Å². The number of hydrogen-bond acceptors (Lipinski definition) is 4. The summed E-state index contributed by atoms with van der Waals surface area (Å²) in [6.07, 6.45) is 6.56. The van der Waals surface area contributed by atoms with Crippen molar-refractivity contribution in [1.82, 2.24) is 10.6 Å². The lowest BCUT2D eigenvalue weighted by atomic mass is 10.2. The summed E-state index contributed by atoms with van der Waals surface area (Å²) in [4.78, 5) is 10.8. The number of hydroxylamine groups is 1. The first kappa shape index (κ1) is 13.1. The van der Waals surface area contributed by atoms with E-state index in [1.807, 2.05) is 6.08 Å². The van der Waals surface area contributed by atoms with E-state index < -0.39 is 0 Å². The minimum absolute atomic E-state index is 0.00833. The maximum Gasteiger partial charge on any atom is 0.148 e. The maximum atomic E-state index is 10.8. The van der Waals surface area contributed by atoms with E-state index in [1.165, 1.54) is 13.1 Å². The molecule has 0 aromatic carbocycles. The number of unbranched alkanes of at least 4 members (excludes halogenated alkanes) is 2. The normalized spacial score (nSPS) is 13.1. The lowest BCUT2D eigenvalue weighted by Gasteiger charge is -2.17. The zero-order valence-electron chi connectivity index (χ0n) is 9.16. The van der Waals surface area contributed by atoms with Crippen molar-refractivity contribution in [3.63, 3.8) is 0 Å². The molecule has 0 aromatic rings. The molecule has 0 radical (unpaired) electrons.